The van der Waals surface area contributed by atoms with Crippen molar-refractivity contribution >= 4 is 23.4 Å². The van der Waals surface area contributed by atoms with Gasteiger partial charge in [-0.15, -0.1) is 11.8 Å². The van der Waals surface area contributed by atoms with Crippen molar-refractivity contribution < 1.29 is 19.6 Å². The maximum atomic E-state index is 11.0. The summed E-state index contributed by atoms with van der Waals surface area (Å²) in [5, 5.41) is 19.9. The van der Waals surface area contributed by atoms with Gasteiger partial charge in [0, 0.05) is 11.8 Å². The number of nitrogens with zero attached hydrogens (tertiary/aromatic N) is 1. The highest BCUT2D eigenvalue weighted by Crippen LogP contribution is 2.32. The molecule has 1 N–H and O–H groups in total. The molecule has 6 nitrogen and oxygen atoms in total. The quantitative estimate of drug-likeness (QED) is 0.638. The van der Waals surface area contributed by atoms with Crippen LogP contribution in [0.5, 0.6) is 5.75 Å². The van der Waals surface area contributed by atoms with Gasteiger partial charge in [-0.3, -0.25) is 14.9 Å². The smallest absolute Gasteiger partial charge is 0.319 e. The van der Waals surface area contributed by atoms with Crippen LogP contribution in [0.3, 0.4) is 0 Å². The molecular formula is C12H15NO5S. The number of nitro groups is 1. The number of aliphatic carboxylic acids is 1. The SMILES string of the molecule is COc1ccc(CSC(C)(C)C(=O)O)cc1[N+](=O)[O-]. The Morgan fingerprint density at radius 1 is 1.53 bits per heavy atom. The summed E-state index contributed by atoms with van der Waals surface area (Å²) in [5.41, 5.74) is 0.570. The average molecular weight is 285 g/mol. The summed E-state index contributed by atoms with van der Waals surface area (Å²) >= 11 is 1.21. The normalized spacial score (nSPS) is 11.1. The molecule has 0 aliphatic rings. The van der Waals surface area contributed by atoms with Gasteiger partial charge in [0.2, 0.25) is 0 Å². The summed E-state index contributed by atoms with van der Waals surface area (Å²) in [6, 6.07) is 4.61. The Labute approximate surface area is 114 Å². The van der Waals surface area contributed by atoms with Crippen LogP contribution in [0, 0.1) is 10.1 Å². The molecule has 0 fully saturated rings. The van der Waals surface area contributed by atoms with Crippen LogP contribution in [0.15, 0.2) is 18.2 Å². The predicted molar refractivity (Wildman–Crippen MR) is 72.7 cm³/mol. The number of hydrogen-bond acceptors (Lipinski definition) is 5. The van der Waals surface area contributed by atoms with Crippen LogP contribution in [0.4, 0.5) is 5.69 Å². The van der Waals surface area contributed by atoms with Gasteiger partial charge in [-0.25, -0.2) is 0 Å². The molecule has 1 aromatic rings. The van der Waals surface area contributed by atoms with Crippen LogP contribution in [-0.4, -0.2) is 27.9 Å². The van der Waals surface area contributed by atoms with E-state index in [-0.39, 0.29) is 11.4 Å². The Morgan fingerprint density at radius 3 is 2.63 bits per heavy atom. The minimum atomic E-state index is -0.936. The zero-order valence-electron chi connectivity index (χ0n) is 10.9. The third-order valence-electron chi connectivity index (χ3n) is 2.55. The first kappa shape index (κ1) is 15.3. The van der Waals surface area contributed by atoms with Crippen LogP contribution in [-0.2, 0) is 10.5 Å². The van der Waals surface area contributed by atoms with Gasteiger partial charge in [0.1, 0.15) is 4.75 Å². The highest BCUT2D eigenvalue weighted by atomic mass is 32.2. The van der Waals surface area contributed by atoms with Gasteiger partial charge < -0.3 is 9.84 Å². The minimum absolute atomic E-state index is 0.117. The van der Waals surface area contributed by atoms with Crippen molar-refractivity contribution in [3.8, 4) is 5.75 Å². The number of ether oxygens (including phenoxy) is 1. The number of carbonyl (C=O) groups is 1. The lowest BCUT2D eigenvalue weighted by atomic mass is 10.2. The average Bonchev–Trinajstić information content (AvgIpc) is 2.35. The fourth-order valence-electron chi connectivity index (χ4n) is 1.29. The van der Waals surface area contributed by atoms with Crippen molar-refractivity contribution in [3.05, 3.63) is 33.9 Å². The molecule has 0 radical (unpaired) electrons. The van der Waals surface area contributed by atoms with Crippen LogP contribution in [0.1, 0.15) is 19.4 Å². The Kier molecular flexibility index (Phi) is 4.77. The highest BCUT2D eigenvalue weighted by Gasteiger charge is 2.27. The number of carboxylic acids is 1. The number of rotatable bonds is 6. The zero-order valence-corrected chi connectivity index (χ0v) is 11.7. The number of hydrogen-bond donors (Lipinski definition) is 1. The fourth-order valence-corrected chi connectivity index (χ4v) is 2.12. The van der Waals surface area contributed by atoms with Gasteiger partial charge in [0.25, 0.3) is 0 Å². The van der Waals surface area contributed by atoms with Crippen LogP contribution >= 0.6 is 11.8 Å². The highest BCUT2D eigenvalue weighted by molar-refractivity contribution is 8.00. The summed E-state index contributed by atoms with van der Waals surface area (Å²) in [4.78, 5) is 21.3. The van der Waals surface area contributed by atoms with E-state index in [1.165, 1.54) is 31.0 Å². The molecule has 0 aromatic heterocycles. The van der Waals surface area contributed by atoms with Crippen molar-refractivity contribution in [3.63, 3.8) is 0 Å². The largest absolute Gasteiger partial charge is 0.490 e. The fraction of sp³-hybridized carbons (Fsp3) is 0.417. The first-order valence-electron chi connectivity index (χ1n) is 5.46. The summed E-state index contributed by atoms with van der Waals surface area (Å²) < 4.78 is 3.97. The number of thioether (sulfide) groups is 1. The van der Waals surface area contributed by atoms with E-state index >= 15 is 0 Å². The first-order valence-corrected chi connectivity index (χ1v) is 6.45. The molecule has 0 amide bonds. The lowest BCUT2D eigenvalue weighted by Crippen LogP contribution is -2.27. The summed E-state index contributed by atoms with van der Waals surface area (Å²) in [6.07, 6.45) is 0. The summed E-state index contributed by atoms with van der Waals surface area (Å²) in [6.45, 7) is 3.19. The van der Waals surface area contributed by atoms with E-state index in [0.29, 0.717) is 11.3 Å². The molecule has 0 spiro atoms. The third-order valence-corrected chi connectivity index (χ3v) is 3.93. The monoisotopic (exact) mass is 285 g/mol. The number of methoxy groups -OCH3 is 1. The molecule has 19 heavy (non-hydrogen) atoms. The van der Waals surface area contributed by atoms with E-state index in [9.17, 15) is 14.9 Å². The standard InChI is InChI=1S/C12H15NO5S/c1-12(2,11(14)15)19-7-8-4-5-10(18-3)9(6-8)13(16)17/h4-6H,7H2,1-3H3,(H,14,15). The van der Waals surface area contributed by atoms with E-state index in [4.69, 9.17) is 9.84 Å². The molecule has 0 saturated carbocycles. The lowest BCUT2D eigenvalue weighted by molar-refractivity contribution is -0.385. The molecule has 0 unspecified atom stereocenters. The third kappa shape index (κ3) is 3.85. The molecular weight excluding hydrogens is 270 g/mol. The molecule has 0 heterocycles. The van der Waals surface area contributed by atoms with Gasteiger partial charge in [0.05, 0.1) is 12.0 Å². The number of benzene rings is 1. The van der Waals surface area contributed by atoms with Crippen LogP contribution in [0.25, 0.3) is 0 Å². The Morgan fingerprint density at radius 2 is 2.16 bits per heavy atom. The molecule has 0 saturated heterocycles. The van der Waals surface area contributed by atoms with E-state index < -0.39 is 15.6 Å². The molecule has 7 heteroatoms. The van der Waals surface area contributed by atoms with E-state index in [2.05, 4.69) is 0 Å². The van der Waals surface area contributed by atoms with Crippen LogP contribution in [0.2, 0.25) is 0 Å². The van der Waals surface area contributed by atoms with Crippen LogP contribution < -0.4 is 4.74 Å². The van der Waals surface area contributed by atoms with E-state index in [0.717, 1.165) is 0 Å². The predicted octanol–water partition coefficient (Wildman–Crippen LogP) is 2.70. The Balaban J connectivity index is 2.89. The van der Waals surface area contributed by atoms with Crippen molar-refractivity contribution in [2.45, 2.75) is 24.3 Å². The second-order valence-corrected chi connectivity index (χ2v) is 5.97. The molecule has 0 aliphatic heterocycles. The van der Waals surface area contributed by atoms with E-state index in [1.807, 2.05) is 0 Å². The molecule has 104 valence electrons. The summed E-state index contributed by atoms with van der Waals surface area (Å²) in [5.74, 6) is -0.346. The molecule has 0 bridgehead atoms. The Hall–Kier alpha value is -1.76. The van der Waals surface area contributed by atoms with Gasteiger partial charge in [-0.2, -0.15) is 0 Å². The zero-order chi connectivity index (χ0) is 14.6. The van der Waals surface area contributed by atoms with Gasteiger partial charge >= 0.3 is 11.7 Å². The molecule has 0 atom stereocenters. The van der Waals surface area contributed by atoms with Gasteiger partial charge in [0.15, 0.2) is 5.75 Å². The maximum Gasteiger partial charge on any atom is 0.319 e. The van der Waals surface area contributed by atoms with Gasteiger partial charge in [-0.1, -0.05) is 6.07 Å². The van der Waals surface area contributed by atoms with Crippen molar-refractivity contribution in [2.75, 3.05) is 7.11 Å². The lowest BCUT2D eigenvalue weighted by Gasteiger charge is -2.18. The van der Waals surface area contributed by atoms with Crippen molar-refractivity contribution in [1.82, 2.24) is 0 Å². The molecule has 0 aliphatic carbocycles. The maximum absolute atomic E-state index is 11.0. The Bertz CT molecular complexity index is 501. The van der Waals surface area contributed by atoms with Crippen molar-refractivity contribution in [2.24, 2.45) is 0 Å². The second-order valence-electron chi connectivity index (χ2n) is 4.37. The molecule has 1 aromatic carbocycles. The first-order chi connectivity index (χ1) is 8.77. The van der Waals surface area contributed by atoms with Gasteiger partial charge in [-0.05, 0) is 25.5 Å². The summed E-state index contributed by atoms with van der Waals surface area (Å²) in [7, 11) is 1.37. The minimum Gasteiger partial charge on any atom is -0.490 e. The number of nitro benzene ring substituents is 1. The number of carboxylic acid groups (broad SMARTS) is 1. The molecule has 1 rings (SSSR count). The van der Waals surface area contributed by atoms with E-state index in [1.54, 1.807) is 19.9 Å². The van der Waals surface area contributed by atoms with Crippen molar-refractivity contribution in [1.29, 1.82) is 0 Å². The second kappa shape index (κ2) is 5.92. The topological polar surface area (TPSA) is 89.7 Å².